The van der Waals surface area contributed by atoms with E-state index in [0.29, 0.717) is 0 Å². The van der Waals surface area contributed by atoms with Gasteiger partial charge in [0.05, 0.1) is 11.6 Å². The SMILES string of the molecule is N#CC(O)C(O)c1cc(C(=O)O)cs1. The zero-order valence-electron chi connectivity index (χ0n) is 6.91. The summed E-state index contributed by atoms with van der Waals surface area (Å²) in [4.78, 5) is 10.7. The molecule has 3 N–H and O–H groups in total. The molecule has 1 aromatic heterocycles. The molecule has 0 bridgehead atoms. The summed E-state index contributed by atoms with van der Waals surface area (Å²) in [5, 5.41) is 36.5. The summed E-state index contributed by atoms with van der Waals surface area (Å²) >= 11 is 0.988. The van der Waals surface area contributed by atoms with Crippen molar-refractivity contribution in [3.63, 3.8) is 0 Å². The zero-order valence-corrected chi connectivity index (χ0v) is 7.73. The highest BCUT2D eigenvalue weighted by Gasteiger charge is 2.20. The molecule has 1 heterocycles. The number of carbonyl (C=O) groups is 1. The lowest BCUT2D eigenvalue weighted by atomic mass is 10.2. The van der Waals surface area contributed by atoms with Gasteiger partial charge in [-0.15, -0.1) is 11.3 Å². The van der Waals surface area contributed by atoms with Crippen LogP contribution in [0.3, 0.4) is 0 Å². The topological polar surface area (TPSA) is 102 Å². The van der Waals surface area contributed by atoms with E-state index in [1.165, 1.54) is 17.5 Å². The number of thiophene rings is 1. The molecule has 14 heavy (non-hydrogen) atoms. The van der Waals surface area contributed by atoms with Crippen LogP contribution in [0.5, 0.6) is 0 Å². The van der Waals surface area contributed by atoms with Gasteiger partial charge in [0.1, 0.15) is 6.10 Å². The van der Waals surface area contributed by atoms with Crippen molar-refractivity contribution in [3.05, 3.63) is 21.9 Å². The van der Waals surface area contributed by atoms with Crippen LogP contribution in [-0.4, -0.2) is 27.4 Å². The third-order valence-corrected chi connectivity index (χ3v) is 2.59. The number of aliphatic hydroxyl groups excluding tert-OH is 2. The quantitative estimate of drug-likeness (QED) is 0.629. The van der Waals surface area contributed by atoms with Crippen molar-refractivity contribution >= 4 is 17.3 Å². The molecule has 2 unspecified atom stereocenters. The van der Waals surface area contributed by atoms with Gasteiger partial charge in [-0.1, -0.05) is 0 Å². The summed E-state index contributed by atoms with van der Waals surface area (Å²) in [6, 6.07) is 2.70. The average Bonchev–Trinajstić information content (AvgIpc) is 2.64. The Bertz CT molecular complexity index is 381. The van der Waals surface area contributed by atoms with Crippen molar-refractivity contribution in [1.29, 1.82) is 5.26 Å². The van der Waals surface area contributed by atoms with Crippen LogP contribution >= 0.6 is 11.3 Å². The maximum Gasteiger partial charge on any atom is 0.336 e. The second-order valence-electron chi connectivity index (χ2n) is 2.56. The number of carboxylic acids is 1. The first-order valence-electron chi connectivity index (χ1n) is 3.63. The summed E-state index contributed by atoms with van der Waals surface area (Å²) < 4.78 is 0. The van der Waals surface area contributed by atoms with E-state index in [4.69, 9.17) is 15.5 Å². The average molecular weight is 213 g/mol. The van der Waals surface area contributed by atoms with Gasteiger partial charge in [-0.05, 0) is 6.07 Å². The van der Waals surface area contributed by atoms with Gasteiger partial charge >= 0.3 is 5.97 Å². The number of nitrogens with zero attached hydrogens (tertiary/aromatic N) is 1. The van der Waals surface area contributed by atoms with Gasteiger partial charge in [0.2, 0.25) is 0 Å². The molecule has 6 heteroatoms. The van der Waals surface area contributed by atoms with E-state index in [0.717, 1.165) is 11.3 Å². The number of aromatic carboxylic acids is 1. The maximum atomic E-state index is 10.5. The Labute approximate surface area is 83.5 Å². The predicted octanol–water partition coefficient (Wildman–Crippen LogP) is 0.364. The fourth-order valence-electron chi connectivity index (χ4n) is 0.846. The van der Waals surface area contributed by atoms with E-state index in [2.05, 4.69) is 0 Å². The van der Waals surface area contributed by atoms with Crippen molar-refractivity contribution in [2.75, 3.05) is 0 Å². The van der Waals surface area contributed by atoms with E-state index >= 15 is 0 Å². The third-order valence-electron chi connectivity index (χ3n) is 1.59. The van der Waals surface area contributed by atoms with E-state index in [1.54, 1.807) is 0 Å². The molecule has 0 aliphatic heterocycles. The van der Waals surface area contributed by atoms with Crippen molar-refractivity contribution in [1.82, 2.24) is 0 Å². The van der Waals surface area contributed by atoms with Gasteiger partial charge in [0, 0.05) is 10.3 Å². The van der Waals surface area contributed by atoms with E-state index < -0.39 is 18.2 Å². The molecule has 0 aromatic carbocycles. The van der Waals surface area contributed by atoms with Gasteiger partial charge in [0.25, 0.3) is 0 Å². The molecule has 1 aromatic rings. The Balaban J connectivity index is 2.87. The fourth-order valence-corrected chi connectivity index (χ4v) is 1.74. The molecule has 0 saturated heterocycles. The highest BCUT2D eigenvalue weighted by Crippen LogP contribution is 2.24. The molecule has 0 saturated carbocycles. The molecule has 0 aliphatic carbocycles. The van der Waals surface area contributed by atoms with Gasteiger partial charge < -0.3 is 15.3 Å². The molecular formula is C8H7NO4S. The van der Waals surface area contributed by atoms with Crippen LogP contribution in [0.25, 0.3) is 0 Å². The molecule has 1 rings (SSSR count). The van der Waals surface area contributed by atoms with Crippen molar-refractivity contribution in [2.24, 2.45) is 0 Å². The third kappa shape index (κ3) is 2.09. The number of hydrogen-bond donors (Lipinski definition) is 3. The minimum atomic E-state index is -1.53. The second-order valence-corrected chi connectivity index (χ2v) is 3.50. The van der Waals surface area contributed by atoms with E-state index in [-0.39, 0.29) is 10.4 Å². The Hall–Kier alpha value is -1.42. The van der Waals surface area contributed by atoms with Gasteiger partial charge in [-0.2, -0.15) is 5.26 Å². The largest absolute Gasteiger partial charge is 0.478 e. The summed E-state index contributed by atoms with van der Waals surface area (Å²) in [7, 11) is 0. The summed E-state index contributed by atoms with van der Waals surface area (Å²) in [6.07, 6.45) is -2.88. The highest BCUT2D eigenvalue weighted by atomic mass is 32.1. The molecule has 0 amide bonds. The summed E-state index contributed by atoms with van der Waals surface area (Å²) in [5.41, 5.74) is 0.0363. The summed E-state index contributed by atoms with van der Waals surface area (Å²) in [6.45, 7) is 0. The van der Waals surface area contributed by atoms with Crippen molar-refractivity contribution < 1.29 is 20.1 Å². The van der Waals surface area contributed by atoms with E-state index in [9.17, 15) is 9.90 Å². The highest BCUT2D eigenvalue weighted by molar-refractivity contribution is 7.10. The Kier molecular flexibility index (Phi) is 3.19. The van der Waals surface area contributed by atoms with Crippen molar-refractivity contribution in [2.45, 2.75) is 12.2 Å². The molecule has 5 nitrogen and oxygen atoms in total. The van der Waals surface area contributed by atoms with Crippen LogP contribution in [0.1, 0.15) is 21.3 Å². The Morgan fingerprint density at radius 1 is 1.57 bits per heavy atom. The standard InChI is InChI=1S/C8H7NO4S/c9-2-5(10)7(11)6-1-4(3-14-6)8(12)13/h1,3,5,7,10-11H,(H,12,13). The van der Waals surface area contributed by atoms with Crippen LogP contribution in [0.4, 0.5) is 0 Å². The zero-order chi connectivity index (χ0) is 10.7. The first-order valence-corrected chi connectivity index (χ1v) is 4.51. The van der Waals surface area contributed by atoms with Crippen LogP contribution in [0, 0.1) is 11.3 Å². The number of carboxylic acid groups (broad SMARTS) is 1. The molecule has 0 fully saturated rings. The van der Waals surface area contributed by atoms with Crippen LogP contribution in [0.2, 0.25) is 0 Å². The van der Waals surface area contributed by atoms with Crippen LogP contribution in [-0.2, 0) is 0 Å². The normalized spacial score (nSPS) is 14.4. The molecule has 0 radical (unpaired) electrons. The second kappa shape index (κ2) is 4.19. The van der Waals surface area contributed by atoms with Gasteiger partial charge in [-0.3, -0.25) is 0 Å². The van der Waals surface area contributed by atoms with Crippen LogP contribution < -0.4 is 0 Å². The molecular weight excluding hydrogens is 206 g/mol. The number of nitriles is 1. The fraction of sp³-hybridized carbons (Fsp3) is 0.250. The first kappa shape index (κ1) is 10.7. The van der Waals surface area contributed by atoms with Crippen molar-refractivity contribution in [3.8, 4) is 6.07 Å². The number of rotatable bonds is 3. The molecule has 0 aliphatic rings. The molecule has 2 atom stereocenters. The minimum absolute atomic E-state index is 0.0363. The monoisotopic (exact) mass is 213 g/mol. The lowest BCUT2D eigenvalue weighted by Crippen LogP contribution is -2.14. The van der Waals surface area contributed by atoms with E-state index in [1.807, 2.05) is 0 Å². The lowest BCUT2D eigenvalue weighted by molar-refractivity contribution is 0.0550. The predicted molar refractivity (Wildman–Crippen MR) is 47.9 cm³/mol. The number of aliphatic hydroxyl groups is 2. The Morgan fingerprint density at radius 3 is 2.64 bits per heavy atom. The minimum Gasteiger partial charge on any atom is -0.478 e. The maximum absolute atomic E-state index is 10.5. The molecule has 74 valence electrons. The first-order chi connectivity index (χ1) is 6.56. The summed E-state index contributed by atoms with van der Waals surface area (Å²) in [5.74, 6) is -1.11. The molecule has 0 spiro atoms. The number of hydrogen-bond acceptors (Lipinski definition) is 5. The van der Waals surface area contributed by atoms with Gasteiger partial charge in [0.15, 0.2) is 6.10 Å². The Morgan fingerprint density at radius 2 is 2.21 bits per heavy atom. The van der Waals surface area contributed by atoms with Crippen LogP contribution in [0.15, 0.2) is 11.4 Å². The van der Waals surface area contributed by atoms with Gasteiger partial charge in [-0.25, -0.2) is 4.79 Å². The smallest absolute Gasteiger partial charge is 0.336 e. The lowest BCUT2D eigenvalue weighted by Gasteiger charge is -2.07.